The molecule has 1 atom stereocenters. The highest BCUT2D eigenvalue weighted by Crippen LogP contribution is 2.30. The highest BCUT2D eigenvalue weighted by molar-refractivity contribution is 5.95. The fourth-order valence-electron chi connectivity index (χ4n) is 3.52. The quantitative estimate of drug-likeness (QED) is 0.595. The number of esters is 2. The topological polar surface area (TPSA) is 103 Å². The van der Waals surface area contributed by atoms with Crippen LogP contribution in [0.25, 0.3) is 0 Å². The van der Waals surface area contributed by atoms with Crippen molar-refractivity contribution in [1.82, 2.24) is 10.6 Å². The maximum atomic E-state index is 12.9. The molecule has 2 amide bonds. The van der Waals surface area contributed by atoms with Crippen LogP contribution < -0.4 is 15.4 Å². The van der Waals surface area contributed by atoms with Gasteiger partial charge in [-0.2, -0.15) is 0 Å². The van der Waals surface area contributed by atoms with Gasteiger partial charge >= 0.3 is 18.0 Å². The van der Waals surface area contributed by atoms with E-state index < -0.39 is 29.4 Å². The molecule has 2 aromatic rings. The van der Waals surface area contributed by atoms with Crippen molar-refractivity contribution in [1.29, 1.82) is 0 Å². The van der Waals surface area contributed by atoms with Crippen LogP contribution in [0.2, 0.25) is 0 Å². The molecule has 0 saturated carbocycles. The number of carbonyl (C=O) groups is 3. The van der Waals surface area contributed by atoms with Crippen LogP contribution in [0.3, 0.4) is 0 Å². The van der Waals surface area contributed by atoms with Crippen LogP contribution in [0.5, 0.6) is 5.75 Å². The number of ether oxygens (including phenoxy) is 3. The van der Waals surface area contributed by atoms with Crippen molar-refractivity contribution in [3.05, 3.63) is 77.0 Å². The van der Waals surface area contributed by atoms with Gasteiger partial charge in [-0.25, -0.2) is 9.59 Å². The summed E-state index contributed by atoms with van der Waals surface area (Å²) in [7, 11) is 1.55. The third kappa shape index (κ3) is 5.34. The Morgan fingerprint density at radius 1 is 1.00 bits per heavy atom. The molecule has 1 aliphatic rings. The molecule has 0 aliphatic carbocycles. The van der Waals surface area contributed by atoms with Gasteiger partial charge in [0, 0.05) is 0 Å². The molecular formula is C25H28N2O6. The van der Waals surface area contributed by atoms with Crippen molar-refractivity contribution in [3.63, 3.8) is 0 Å². The molecule has 0 radical (unpaired) electrons. The van der Waals surface area contributed by atoms with E-state index in [1.807, 2.05) is 30.3 Å². The first kappa shape index (κ1) is 23.8. The van der Waals surface area contributed by atoms with E-state index in [9.17, 15) is 14.4 Å². The molecule has 2 N–H and O–H groups in total. The molecule has 2 aromatic carbocycles. The first-order chi connectivity index (χ1) is 15.8. The molecule has 0 aromatic heterocycles. The van der Waals surface area contributed by atoms with E-state index in [0.717, 1.165) is 5.56 Å². The summed E-state index contributed by atoms with van der Waals surface area (Å²) >= 11 is 0. The first-order valence-corrected chi connectivity index (χ1v) is 10.6. The smallest absolute Gasteiger partial charge is 0.338 e. The van der Waals surface area contributed by atoms with Gasteiger partial charge in [-0.3, -0.25) is 4.79 Å². The molecule has 0 bridgehead atoms. The molecule has 8 nitrogen and oxygen atoms in total. The third-order valence-electron chi connectivity index (χ3n) is 5.45. The van der Waals surface area contributed by atoms with Crippen LogP contribution in [0, 0.1) is 0 Å². The molecule has 0 spiro atoms. The van der Waals surface area contributed by atoms with E-state index in [1.54, 1.807) is 52.1 Å². The van der Waals surface area contributed by atoms with Crippen molar-refractivity contribution in [2.45, 2.75) is 32.2 Å². The summed E-state index contributed by atoms with van der Waals surface area (Å²) in [6, 6.07) is 14.9. The van der Waals surface area contributed by atoms with Gasteiger partial charge in [-0.05, 0) is 44.0 Å². The van der Waals surface area contributed by atoms with E-state index in [2.05, 4.69) is 10.6 Å². The fraction of sp³-hybridized carbons (Fsp3) is 0.320. The van der Waals surface area contributed by atoms with Crippen molar-refractivity contribution in [2.75, 3.05) is 20.3 Å². The van der Waals surface area contributed by atoms with Crippen LogP contribution in [0.15, 0.2) is 65.9 Å². The Labute approximate surface area is 192 Å². The Balaban J connectivity index is 1.91. The van der Waals surface area contributed by atoms with E-state index >= 15 is 0 Å². The Morgan fingerprint density at radius 3 is 2.27 bits per heavy atom. The maximum Gasteiger partial charge on any atom is 0.338 e. The Hall–Kier alpha value is -3.81. The second-order valence-electron chi connectivity index (χ2n) is 7.98. The number of carbonyl (C=O) groups excluding carboxylic acids is 3. The monoisotopic (exact) mass is 452 g/mol. The van der Waals surface area contributed by atoms with Gasteiger partial charge in [0.2, 0.25) is 0 Å². The number of methoxy groups -OCH3 is 1. The molecule has 174 valence electrons. The van der Waals surface area contributed by atoms with Gasteiger partial charge in [0.15, 0.2) is 0 Å². The van der Waals surface area contributed by atoms with E-state index in [4.69, 9.17) is 14.2 Å². The predicted octanol–water partition coefficient (Wildman–Crippen LogP) is 3.39. The molecule has 1 aliphatic heterocycles. The highest BCUT2D eigenvalue weighted by Gasteiger charge is 2.36. The lowest BCUT2D eigenvalue weighted by Gasteiger charge is -2.30. The van der Waals surface area contributed by atoms with Crippen LogP contribution in [-0.2, 0) is 24.5 Å². The molecule has 8 heteroatoms. The molecule has 33 heavy (non-hydrogen) atoms. The average Bonchev–Trinajstić information content (AvgIpc) is 2.82. The van der Waals surface area contributed by atoms with Crippen LogP contribution in [0.4, 0.5) is 4.79 Å². The van der Waals surface area contributed by atoms with Crippen LogP contribution in [-0.4, -0.2) is 38.3 Å². The number of urea groups is 1. The largest absolute Gasteiger partial charge is 0.497 e. The zero-order valence-electron chi connectivity index (χ0n) is 19.1. The predicted molar refractivity (Wildman–Crippen MR) is 121 cm³/mol. The summed E-state index contributed by atoms with van der Waals surface area (Å²) in [6.45, 7) is 5.07. The third-order valence-corrected chi connectivity index (χ3v) is 5.45. The van der Waals surface area contributed by atoms with E-state index in [1.165, 1.54) is 0 Å². The van der Waals surface area contributed by atoms with Gasteiger partial charge in [0.05, 0.1) is 36.4 Å². The lowest BCUT2D eigenvalue weighted by atomic mass is 9.85. The number of benzene rings is 2. The Bertz CT molecular complexity index is 1040. The number of hydrogen-bond donors (Lipinski definition) is 2. The van der Waals surface area contributed by atoms with E-state index in [-0.39, 0.29) is 24.5 Å². The molecule has 1 heterocycles. The summed E-state index contributed by atoms with van der Waals surface area (Å²) in [4.78, 5) is 38.2. The van der Waals surface area contributed by atoms with Crippen molar-refractivity contribution >= 4 is 18.0 Å². The summed E-state index contributed by atoms with van der Waals surface area (Å²) < 4.78 is 16.0. The minimum absolute atomic E-state index is 0.152. The van der Waals surface area contributed by atoms with Crippen LogP contribution in [0.1, 0.15) is 37.9 Å². The van der Waals surface area contributed by atoms with Crippen molar-refractivity contribution < 1.29 is 28.6 Å². The Morgan fingerprint density at radius 2 is 1.67 bits per heavy atom. The summed E-state index contributed by atoms with van der Waals surface area (Å²) in [5.41, 5.74) is 0.877. The number of amides is 2. The second-order valence-corrected chi connectivity index (χ2v) is 7.98. The standard InChI is InChI=1S/C25H28N2O6/c1-5-32-22(28)20-19(15-33-23(29)25(2,3)17-9-7-6-8-10-17)26-24(30)27-21(20)16-11-13-18(31-4)14-12-16/h6-14,21H,5,15H2,1-4H3,(H2,26,27,30)/t21-/m0/s1. The van der Waals surface area contributed by atoms with Gasteiger partial charge in [0.25, 0.3) is 0 Å². The van der Waals surface area contributed by atoms with Gasteiger partial charge in [0.1, 0.15) is 12.4 Å². The van der Waals surface area contributed by atoms with Gasteiger partial charge in [-0.15, -0.1) is 0 Å². The highest BCUT2D eigenvalue weighted by atomic mass is 16.5. The summed E-state index contributed by atoms with van der Waals surface area (Å²) in [6.07, 6.45) is 0. The SMILES string of the molecule is CCOC(=O)C1=C(COC(=O)C(C)(C)c2ccccc2)NC(=O)N[C@H]1c1ccc(OC)cc1. The normalized spacial score (nSPS) is 15.9. The lowest BCUT2D eigenvalue weighted by molar-refractivity contribution is -0.149. The molecule has 0 saturated heterocycles. The molecule has 3 rings (SSSR count). The number of rotatable bonds is 8. The van der Waals surface area contributed by atoms with E-state index in [0.29, 0.717) is 11.3 Å². The average molecular weight is 453 g/mol. The molecule has 0 fully saturated rings. The van der Waals surface area contributed by atoms with Gasteiger partial charge < -0.3 is 24.8 Å². The minimum Gasteiger partial charge on any atom is -0.497 e. The van der Waals surface area contributed by atoms with Crippen molar-refractivity contribution in [2.24, 2.45) is 0 Å². The molecular weight excluding hydrogens is 424 g/mol. The first-order valence-electron chi connectivity index (χ1n) is 10.6. The summed E-state index contributed by atoms with van der Waals surface area (Å²) in [5.74, 6) is -0.463. The Kier molecular flexibility index (Phi) is 7.37. The zero-order valence-corrected chi connectivity index (χ0v) is 19.1. The maximum absolute atomic E-state index is 12.9. The number of hydrogen-bond acceptors (Lipinski definition) is 6. The lowest BCUT2D eigenvalue weighted by Crippen LogP contribution is -2.47. The minimum atomic E-state index is -0.918. The van der Waals surface area contributed by atoms with Crippen molar-refractivity contribution in [3.8, 4) is 5.75 Å². The van der Waals surface area contributed by atoms with Gasteiger partial charge in [-0.1, -0.05) is 42.5 Å². The molecule has 0 unspecified atom stereocenters. The van der Waals surface area contributed by atoms with Crippen LogP contribution >= 0.6 is 0 Å². The summed E-state index contributed by atoms with van der Waals surface area (Å²) in [5, 5.41) is 5.34. The fourth-order valence-corrected chi connectivity index (χ4v) is 3.52. The second kappa shape index (κ2) is 10.2. The zero-order chi connectivity index (χ0) is 24.0. The number of nitrogens with one attached hydrogen (secondary N) is 2.